The molecule has 3 rings (SSSR count). The van der Waals surface area contributed by atoms with Gasteiger partial charge in [-0.3, -0.25) is 4.57 Å². The molecule has 3 nitrogen and oxygen atoms in total. The van der Waals surface area contributed by atoms with Gasteiger partial charge in [-0.15, -0.1) is 0 Å². The number of methoxy groups -OCH3 is 1. The van der Waals surface area contributed by atoms with E-state index in [1.165, 1.54) is 5.56 Å². The molecular weight excluding hydrogens is 260 g/mol. The van der Waals surface area contributed by atoms with Crippen LogP contribution in [0.2, 0.25) is 0 Å². The summed E-state index contributed by atoms with van der Waals surface area (Å²) >= 11 is 0. The van der Waals surface area contributed by atoms with Gasteiger partial charge < -0.3 is 4.74 Å². The molecule has 0 atom stereocenters. The Labute approximate surface area is 125 Å². The standard InChI is InChI=1S/C18H20N2O/c1-4-5-18-19-16-11-10-15(21-3)12-17(16)20(18)14-8-6-13(2)7-9-14/h6-12H,4-5H2,1-3H3. The summed E-state index contributed by atoms with van der Waals surface area (Å²) < 4.78 is 7.60. The number of imidazole rings is 1. The molecule has 0 saturated carbocycles. The van der Waals surface area contributed by atoms with Gasteiger partial charge in [-0.05, 0) is 37.6 Å². The van der Waals surface area contributed by atoms with Crippen LogP contribution in [0.4, 0.5) is 0 Å². The Balaban J connectivity index is 2.25. The SMILES string of the molecule is CCCc1nc2ccc(OC)cc2n1-c1ccc(C)cc1. The molecule has 0 aliphatic heterocycles. The third kappa shape index (κ3) is 2.51. The molecule has 0 unspecified atom stereocenters. The van der Waals surface area contributed by atoms with Crippen molar-refractivity contribution in [2.24, 2.45) is 0 Å². The first kappa shape index (κ1) is 13.7. The average molecular weight is 280 g/mol. The Morgan fingerprint density at radius 1 is 1.10 bits per heavy atom. The van der Waals surface area contributed by atoms with E-state index < -0.39 is 0 Å². The van der Waals surface area contributed by atoms with E-state index in [9.17, 15) is 0 Å². The molecule has 1 heterocycles. The molecule has 21 heavy (non-hydrogen) atoms. The summed E-state index contributed by atoms with van der Waals surface area (Å²) in [6, 6.07) is 14.6. The van der Waals surface area contributed by atoms with Crippen molar-refractivity contribution >= 4 is 11.0 Å². The summed E-state index contributed by atoms with van der Waals surface area (Å²) in [4.78, 5) is 4.78. The van der Waals surface area contributed by atoms with Crippen molar-refractivity contribution in [3.05, 3.63) is 53.9 Å². The Bertz CT molecular complexity index is 757. The first-order valence-corrected chi connectivity index (χ1v) is 7.35. The van der Waals surface area contributed by atoms with Gasteiger partial charge in [0, 0.05) is 18.2 Å². The largest absolute Gasteiger partial charge is 0.497 e. The molecule has 3 heteroatoms. The molecule has 0 aliphatic carbocycles. The van der Waals surface area contributed by atoms with Crippen LogP contribution in [0.3, 0.4) is 0 Å². The predicted molar refractivity (Wildman–Crippen MR) is 86.4 cm³/mol. The second-order valence-electron chi connectivity index (χ2n) is 5.30. The van der Waals surface area contributed by atoms with Crippen LogP contribution < -0.4 is 4.74 Å². The Kier molecular flexibility index (Phi) is 3.65. The third-order valence-electron chi connectivity index (χ3n) is 3.70. The van der Waals surface area contributed by atoms with Gasteiger partial charge >= 0.3 is 0 Å². The Morgan fingerprint density at radius 3 is 2.52 bits per heavy atom. The van der Waals surface area contributed by atoms with Crippen LogP contribution in [-0.4, -0.2) is 16.7 Å². The zero-order chi connectivity index (χ0) is 14.8. The van der Waals surface area contributed by atoms with Crippen molar-refractivity contribution in [2.75, 3.05) is 7.11 Å². The summed E-state index contributed by atoms with van der Waals surface area (Å²) in [5, 5.41) is 0. The number of hydrogen-bond acceptors (Lipinski definition) is 2. The van der Waals surface area contributed by atoms with Gasteiger partial charge in [0.15, 0.2) is 0 Å². The maximum Gasteiger partial charge on any atom is 0.121 e. The van der Waals surface area contributed by atoms with Crippen LogP contribution in [0.1, 0.15) is 24.7 Å². The fourth-order valence-corrected chi connectivity index (χ4v) is 2.61. The van der Waals surface area contributed by atoms with E-state index in [4.69, 9.17) is 9.72 Å². The van der Waals surface area contributed by atoms with E-state index in [-0.39, 0.29) is 0 Å². The van der Waals surface area contributed by atoms with E-state index in [1.54, 1.807) is 7.11 Å². The van der Waals surface area contributed by atoms with Crippen molar-refractivity contribution < 1.29 is 4.74 Å². The quantitative estimate of drug-likeness (QED) is 0.712. The number of aryl methyl sites for hydroxylation is 2. The predicted octanol–water partition coefficient (Wildman–Crippen LogP) is 4.30. The van der Waals surface area contributed by atoms with Gasteiger partial charge in [0.2, 0.25) is 0 Å². The summed E-state index contributed by atoms with van der Waals surface area (Å²) in [7, 11) is 1.70. The molecule has 0 aliphatic rings. The third-order valence-corrected chi connectivity index (χ3v) is 3.70. The fourth-order valence-electron chi connectivity index (χ4n) is 2.61. The van der Waals surface area contributed by atoms with Crippen molar-refractivity contribution in [2.45, 2.75) is 26.7 Å². The number of hydrogen-bond donors (Lipinski definition) is 0. The van der Waals surface area contributed by atoms with Crippen molar-refractivity contribution in [1.29, 1.82) is 0 Å². The lowest BCUT2D eigenvalue weighted by Crippen LogP contribution is -2.01. The Morgan fingerprint density at radius 2 is 1.86 bits per heavy atom. The maximum atomic E-state index is 5.36. The second kappa shape index (κ2) is 5.60. The van der Waals surface area contributed by atoms with Crippen LogP contribution in [0.5, 0.6) is 5.75 Å². The summed E-state index contributed by atoms with van der Waals surface area (Å²) in [5.41, 5.74) is 4.53. The highest BCUT2D eigenvalue weighted by atomic mass is 16.5. The average Bonchev–Trinajstić information content (AvgIpc) is 2.85. The van der Waals surface area contributed by atoms with Crippen LogP contribution in [0.15, 0.2) is 42.5 Å². The highest BCUT2D eigenvalue weighted by Gasteiger charge is 2.12. The molecule has 3 aromatic rings. The first-order valence-electron chi connectivity index (χ1n) is 7.35. The summed E-state index contributed by atoms with van der Waals surface area (Å²) in [6.07, 6.45) is 2.04. The molecule has 1 aromatic heterocycles. The lowest BCUT2D eigenvalue weighted by atomic mass is 10.2. The number of nitrogens with zero attached hydrogens (tertiary/aromatic N) is 2. The minimum absolute atomic E-state index is 0.860. The van der Waals surface area contributed by atoms with Crippen LogP contribution in [-0.2, 0) is 6.42 Å². The summed E-state index contributed by atoms with van der Waals surface area (Å²) in [6.45, 7) is 4.28. The topological polar surface area (TPSA) is 27.1 Å². The monoisotopic (exact) mass is 280 g/mol. The van der Waals surface area contributed by atoms with E-state index in [2.05, 4.69) is 48.7 Å². The van der Waals surface area contributed by atoms with E-state index in [0.717, 1.165) is 41.1 Å². The van der Waals surface area contributed by atoms with Crippen molar-refractivity contribution in [1.82, 2.24) is 9.55 Å². The van der Waals surface area contributed by atoms with Crippen molar-refractivity contribution in [3.8, 4) is 11.4 Å². The zero-order valence-electron chi connectivity index (χ0n) is 12.8. The lowest BCUT2D eigenvalue weighted by molar-refractivity contribution is 0.415. The van der Waals surface area contributed by atoms with E-state index >= 15 is 0 Å². The molecular formula is C18H20N2O. The van der Waals surface area contributed by atoms with Gasteiger partial charge in [0.25, 0.3) is 0 Å². The number of benzene rings is 2. The lowest BCUT2D eigenvalue weighted by Gasteiger charge is -2.09. The van der Waals surface area contributed by atoms with E-state index in [1.807, 2.05) is 12.1 Å². The number of aromatic nitrogens is 2. The number of rotatable bonds is 4. The smallest absolute Gasteiger partial charge is 0.121 e. The van der Waals surface area contributed by atoms with Gasteiger partial charge in [-0.25, -0.2) is 4.98 Å². The molecule has 2 aromatic carbocycles. The van der Waals surface area contributed by atoms with Gasteiger partial charge in [0.05, 0.1) is 18.1 Å². The molecule has 0 fully saturated rings. The number of fused-ring (bicyclic) bond motifs is 1. The molecule has 0 radical (unpaired) electrons. The first-order chi connectivity index (χ1) is 10.2. The zero-order valence-corrected chi connectivity index (χ0v) is 12.8. The molecule has 0 bridgehead atoms. The highest BCUT2D eigenvalue weighted by Crippen LogP contribution is 2.26. The highest BCUT2D eigenvalue weighted by molar-refractivity contribution is 5.80. The fraction of sp³-hybridized carbons (Fsp3) is 0.278. The maximum absolute atomic E-state index is 5.36. The minimum atomic E-state index is 0.860. The molecule has 0 saturated heterocycles. The van der Waals surface area contributed by atoms with Crippen LogP contribution >= 0.6 is 0 Å². The molecule has 0 N–H and O–H groups in total. The summed E-state index contributed by atoms with van der Waals surface area (Å²) in [5.74, 6) is 1.96. The molecule has 0 spiro atoms. The van der Waals surface area contributed by atoms with Gasteiger partial charge in [0.1, 0.15) is 11.6 Å². The van der Waals surface area contributed by atoms with Gasteiger partial charge in [-0.1, -0.05) is 24.6 Å². The second-order valence-corrected chi connectivity index (χ2v) is 5.30. The minimum Gasteiger partial charge on any atom is -0.497 e. The van der Waals surface area contributed by atoms with Crippen molar-refractivity contribution in [3.63, 3.8) is 0 Å². The van der Waals surface area contributed by atoms with Gasteiger partial charge in [-0.2, -0.15) is 0 Å². The van der Waals surface area contributed by atoms with E-state index in [0.29, 0.717) is 0 Å². The number of ether oxygens (including phenoxy) is 1. The normalized spacial score (nSPS) is 11.0. The molecule has 0 amide bonds. The Hall–Kier alpha value is -2.29. The molecule has 108 valence electrons. The van der Waals surface area contributed by atoms with Crippen LogP contribution in [0.25, 0.3) is 16.7 Å². The van der Waals surface area contributed by atoms with Crippen LogP contribution in [0, 0.1) is 6.92 Å².